The molecule has 0 saturated heterocycles. The molecular weight excluding hydrogens is 374 g/mol. The molecule has 5 heteroatoms. The molecule has 0 unspecified atom stereocenters. The number of rotatable bonds is 4. The number of anilines is 1. The quantitative estimate of drug-likeness (QED) is 0.464. The lowest BCUT2D eigenvalue weighted by molar-refractivity contribution is 0.342. The van der Waals surface area contributed by atoms with E-state index < -0.39 is 0 Å². The molecule has 30 heavy (non-hydrogen) atoms. The highest BCUT2D eigenvalue weighted by Gasteiger charge is 2.18. The van der Waals surface area contributed by atoms with Crippen LogP contribution >= 0.6 is 0 Å². The largest absolute Gasteiger partial charge is 0.457 e. The molecule has 5 nitrogen and oxygen atoms in total. The van der Waals surface area contributed by atoms with Crippen molar-refractivity contribution in [2.24, 2.45) is 12.5 Å². The summed E-state index contributed by atoms with van der Waals surface area (Å²) < 4.78 is 9.55. The van der Waals surface area contributed by atoms with Crippen LogP contribution in [0.2, 0.25) is 0 Å². The molecule has 0 spiro atoms. The molecule has 3 aromatic carbocycles. The van der Waals surface area contributed by atoms with E-state index >= 15 is 0 Å². The Bertz CT molecular complexity index is 1260. The van der Waals surface area contributed by atoms with Gasteiger partial charge < -0.3 is 10.5 Å². The fourth-order valence-electron chi connectivity index (χ4n) is 3.63. The number of nitrogens with two attached hydrogens (primary N) is 1. The Balaban J connectivity index is 1.71. The number of hydrogen-bond donors (Lipinski definition) is 1. The molecule has 1 heterocycles. The van der Waals surface area contributed by atoms with Crippen molar-refractivity contribution in [1.29, 1.82) is 0 Å². The van der Waals surface area contributed by atoms with E-state index in [0.29, 0.717) is 12.2 Å². The summed E-state index contributed by atoms with van der Waals surface area (Å²) in [5.41, 5.74) is 10.4. The van der Waals surface area contributed by atoms with Crippen LogP contribution in [0, 0.1) is 5.41 Å². The number of aryl methyl sites for hydroxylation is 1. The Morgan fingerprint density at radius 2 is 1.57 bits per heavy atom. The van der Waals surface area contributed by atoms with Crippen molar-refractivity contribution in [3.8, 4) is 22.6 Å². The van der Waals surface area contributed by atoms with Crippen LogP contribution in [-0.2, 0) is 13.6 Å². The van der Waals surface area contributed by atoms with E-state index in [1.54, 1.807) is 4.57 Å². The van der Waals surface area contributed by atoms with E-state index in [2.05, 4.69) is 32.9 Å². The molecule has 0 atom stereocenters. The molecule has 4 aromatic rings. The normalized spacial score (nSPS) is 11.7. The highest BCUT2D eigenvalue weighted by Crippen LogP contribution is 2.30. The number of benzene rings is 3. The van der Waals surface area contributed by atoms with Crippen molar-refractivity contribution in [2.45, 2.75) is 27.3 Å². The maximum absolute atomic E-state index is 12.8. The standard InChI is InChI=1S/C25H27N3O2/c1-25(2,3)16-28-22-13-8-18(15-23(22)27(4)24(28)29)17-6-5-7-21(14-17)30-20-11-9-19(26)10-12-20/h5-15H,16,26H2,1-4H3. The summed E-state index contributed by atoms with van der Waals surface area (Å²) in [5, 5.41) is 0. The van der Waals surface area contributed by atoms with E-state index in [1.807, 2.05) is 66.2 Å². The van der Waals surface area contributed by atoms with Gasteiger partial charge in [0, 0.05) is 19.3 Å². The predicted molar refractivity (Wildman–Crippen MR) is 123 cm³/mol. The summed E-state index contributed by atoms with van der Waals surface area (Å²) in [6.07, 6.45) is 0. The van der Waals surface area contributed by atoms with Crippen molar-refractivity contribution < 1.29 is 4.74 Å². The van der Waals surface area contributed by atoms with Crippen LogP contribution in [-0.4, -0.2) is 9.13 Å². The molecule has 4 rings (SSSR count). The summed E-state index contributed by atoms with van der Waals surface area (Å²) in [4.78, 5) is 12.8. The van der Waals surface area contributed by atoms with Gasteiger partial charge in [-0.1, -0.05) is 39.0 Å². The number of nitrogens with zero attached hydrogens (tertiary/aromatic N) is 2. The summed E-state index contributed by atoms with van der Waals surface area (Å²) in [7, 11) is 1.83. The van der Waals surface area contributed by atoms with Gasteiger partial charge in [-0.3, -0.25) is 9.13 Å². The highest BCUT2D eigenvalue weighted by atomic mass is 16.5. The SMILES string of the molecule is Cn1c(=O)n(CC(C)(C)C)c2ccc(-c3cccc(Oc4ccc(N)cc4)c3)cc21. The van der Waals surface area contributed by atoms with Gasteiger partial charge in [0.2, 0.25) is 0 Å². The predicted octanol–water partition coefficient (Wildman–Crippen LogP) is 5.43. The van der Waals surface area contributed by atoms with E-state index in [4.69, 9.17) is 10.5 Å². The number of fused-ring (bicyclic) bond motifs is 1. The van der Waals surface area contributed by atoms with Crippen molar-refractivity contribution in [1.82, 2.24) is 9.13 Å². The second-order valence-electron chi connectivity index (χ2n) is 8.89. The third-order valence-electron chi connectivity index (χ3n) is 5.06. The van der Waals surface area contributed by atoms with Crippen LogP contribution in [0.25, 0.3) is 22.2 Å². The molecule has 154 valence electrons. The lowest BCUT2D eigenvalue weighted by atomic mass is 9.97. The summed E-state index contributed by atoms with van der Waals surface area (Å²) in [6, 6.07) is 21.4. The molecule has 1 aromatic heterocycles. The minimum absolute atomic E-state index is 0.0116. The lowest BCUT2D eigenvalue weighted by Gasteiger charge is -2.18. The van der Waals surface area contributed by atoms with Crippen molar-refractivity contribution in [3.63, 3.8) is 0 Å². The van der Waals surface area contributed by atoms with Gasteiger partial charge in [-0.05, 0) is 65.1 Å². The fraction of sp³-hybridized carbons (Fsp3) is 0.240. The third-order valence-corrected chi connectivity index (χ3v) is 5.06. The topological polar surface area (TPSA) is 62.2 Å². The van der Waals surface area contributed by atoms with E-state index in [0.717, 1.165) is 33.7 Å². The average molecular weight is 402 g/mol. The second-order valence-corrected chi connectivity index (χ2v) is 8.89. The van der Waals surface area contributed by atoms with Crippen molar-refractivity contribution in [2.75, 3.05) is 5.73 Å². The summed E-state index contributed by atoms with van der Waals surface area (Å²) >= 11 is 0. The summed E-state index contributed by atoms with van der Waals surface area (Å²) in [5.74, 6) is 1.48. The van der Waals surface area contributed by atoms with Gasteiger partial charge in [0.15, 0.2) is 0 Å². The van der Waals surface area contributed by atoms with E-state index in [9.17, 15) is 4.79 Å². The third kappa shape index (κ3) is 3.96. The minimum atomic E-state index is 0.0116. The first kappa shape index (κ1) is 19.8. The zero-order chi connectivity index (χ0) is 21.5. The first-order chi connectivity index (χ1) is 14.2. The zero-order valence-corrected chi connectivity index (χ0v) is 17.8. The lowest BCUT2D eigenvalue weighted by Crippen LogP contribution is -2.27. The number of hydrogen-bond acceptors (Lipinski definition) is 3. The number of ether oxygens (including phenoxy) is 1. The van der Waals surface area contributed by atoms with Gasteiger partial charge in [-0.15, -0.1) is 0 Å². The maximum Gasteiger partial charge on any atom is 0.328 e. The van der Waals surface area contributed by atoms with Gasteiger partial charge in [0.1, 0.15) is 11.5 Å². The Hall–Kier alpha value is -3.47. The minimum Gasteiger partial charge on any atom is -0.457 e. The molecule has 0 bridgehead atoms. The fourth-order valence-corrected chi connectivity index (χ4v) is 3.63. The number of aromatic nitrogens is 2. The molecule has 2 N–H and O–H groups in total. The van der Waals surface area contributed by atoms with Gasteiger partial charge in [0.25, 0.3) is 0 Å². The van der Waals surface area contributed by atoms with Crippen LogP contribution in [0.3, 0.4) is 0 Å². The second kappa shape index (κ2) is 7.41. The molecular formula is C25H27N3O2. The Morgan fingerprint density at radius 3 is 2.27 bits per heavy atom. The molecule has 0 amide bonds. The Labute approximate surface area is 176 Å². The molecule has 0 aliphatic heterocycles. The smallest absolute Gasteiger partial charge is 0.328 e. The van der Waals surface area contributed by atoms with Crippen LogP contribution in [0.15, 0.2) is 71.5 Å². The molecule has 0 aliphatic carbocycles. The van der Waals surface area contributed by atoms with Crippen LogP contribution in [0.5, 0.6) is 11.5 Å². The zero-order valence-electron chi connectivity index (χ0n) is 17.8. The number of imidazole rings is 1. The maximum atomic E-state index is 12.8. The molecule has 0 radical (unpaired) electrons. The summed E-state index contributed by atoms with van der Waals surface area (Å²) in [6.45, 7) is 7.09. The first-order valence-corrected chi connectivity index (χ1v) is 10.0. The average Bonchev–Trinajstić information content (AvgIpc) is 2.93. The van der Waals surface area contributed by atoms with Crippen molar-refractivity contribution in [3.05, 3.63) is 77.2 Å². The highest BCUT2D eigenvalue weighted by molar-refractivity contribution is 5.83. The van der Waals surface area contributed by atoms with E-state index in [-0.39, 0.29) is 11.1 Å². The monoisotopic (exact) mass is 401 g/mol. The first-order valence-electron chi connectivity index (χ1n) is 10.0. The molecule has 0 aliphatic rings. The molecule has 0 fully saturated rings. The number of nitrogen functional groups attached to an aromatic ring is 1. The van der Waals surface area contributed by atoms with Crippen molar-refractivity contribution >= 4 is 16.7 Å². The Kier molecular flexibility index (Phi) is 4.90. The Morgan fingerprint density at radius 1 is 0.867 bits per heavy atom. The van der Waals surface area contributed by atoms with Gasteiger partial charge in [0.05, 0.1) is 11.0 Å². The van der Waals surface area contributed by atoms with Crippen LogP contribution in [0.1, 0.15) is 20.8 Å². The van der Waals surface area contributed by atoms with Crippen LogP contribution in [0.4, 0.5) is 5.69 Å². The van der Waals surface area contributed by atoms with Crippen LogP contribution < -0.4 is 16.2 Å². The van der Waals surface area contributed by atoms with Gasteiger partial charge in [-0.25, -0.2) is 4.79 Å². The van der Waals surface area contributed by atoms with E-state index in [1.165, 1.54) is 0 Å². The van der Waals surface area contributed by atoms with Gasteiger partial charge in [-0.2, -0.15) is 0 Å². The molecule has 0 saturated carbocycles. The van der Waals surface area contributed by atoms with Gasteiger partial charge >= 0.3 is 5.69 Å².